The average Bonchev–Trinajstić information content (AvgIpc) is 2.82. The first-order valence-corrected chi connectivity index (χ1v) is 8.34. The van der Waals surface area contributed by atoms with Gasteiger partial charge in [0.2, 0.25) is 0 Å². The lowest BCUT2D eigenvalue weighted by Gasteiger charge is -2.27. The largest absolute Gasteiger partial charge is 1.00 e. The minimum absolute atomic E-state index is 0. The lowest BCUT2D eigenvalue weighted by atomic mass is 10.1. The van der Waals surface area contributed by atoms with Gasteiger partial charge < -0.3 is 17.3 Å². The van der Waals surface area contributed by atoms with Crippen LogP contribution in [0, 0.1) is 5.92 Å². The molecule has 0 aliphatic carbocycles. The second-order valence-corrected chi connectivity index (χ2v) is 6.55. The molecular weight excluding hydrogens is 320 g/mol. The number of nitrogens with zero attached hydrogens (tertiary/aromatic N) is 1. The van der Waals surface area contributed by atoms with Crippen molar-refractivity contribution in [2.75, 3.05) is 6.54 Å². The van der Waals surface area contributed by atoms with E-state index in [1.807, 2.05) is 41.3 Å². The average molecular weight is 344 g/mol. The summed E-state index contributed by atoms with van der Waals surface area (Å²) in [6.45, 7) is 5.98. The highest BCUT2D eigenvalue weighted by molar-refractivity contribution is 5.99. The molecule has 2 aromatic carbocycles. The number of fused-ring (bicyclic) bond motifs is 1. The third kappa shape index (κ3) is 3.97. The highest BCUT2D eigenvalue weighted by Crippen LogP contribution is 2.32. The van der Waals surface area contributed by atoms with Crippen molar-refractivity contribution in [3.05, 3.63) is 71.3 Å². The van der Waals surface area contributed by atoms with Crippen molar-refractivity contribution in [2.45, 2.75) is 33.0 Å². The Kier molecular flexibility index (Phi) is 6.41. The van der Waals surface area contributed by atoms with Gasteiger partial charge in [-0.15, -0.1) is 0 Å². The topological polar surface area (TPSA) is 32.3 Å². The maximum absolute atomic E-state index is 12.8. The summed E-state index contributed by atoms with van der Waals surface area (Å²) in [5.74, 6) is 0.768. The van der Waals surface area contributed by atoms with Gasteiger partial charge in [-0.1, -0.05) is 62.4 Å². The van der Waals surface area contributed by atoms with Crippen LogP contribution in [0.3, 0.4) is 0 Å². The van der Waals surface area contributed by atoms with E-state index in [0.717, 1.165) is 29.7 Å². The van der Waals surface area contributed by atoms with Gasteiger partial charge >= 0.3 is 0 Å². The van der Waals surface area contributed by atoms with E-state index in [2.05, 4.69) is 37.4 Å². The van der Waals surface area contributed by atoms with Crippen LogP contribution in [-0.2, 0) is 6.54 Å². The molecule has 0 radical (unpaired) electrons. The van der Waals surface area contributed by atoms with Gasteiger partial charge in [0.05, 0.1) is 0 Å². The standard InChI is InChI=1S/C20H24N2O.ClH/c1-15(2)12-13-21-19-17-10-6-7-11-18(17)20(23)22(19)14-16-8-4-3-5-9-16;/h3-11,15,19,21H,12-14H2,1-2H3;1H/p-1. The van der Waals surface area contributed by atoms with Gasteiger partial charge in [0.15, 0.2) is 0 Å². The fraction of sp³-hybridized carbons (Fsp3) is 0.350. The summed E-state index contributed by atoms with van der Waals surface area (Å²) in [6.07, 6.45) is 1.07. The van der Waals surface area contributed by atoms with Gasteiger partial charge in [-0.3, -0.25) is 10.1 Å². The van der Waals surface area contributed by atoms with E-state index in [1.165, 1.54) is 0 Å². The van der Waals surface area contributed by atoms with Crippen molar-refractivity contribution in [1.29, 1.82) is 0 Å². The van der Waals surface area contributed by atoms with Gasteiger partial charge in [-0.25, -0.2) is 0 Å². The molecule has 2 aromatic rings. The molecule has 0 aromatic heterocycles. The first kappa shape index (κ1) is 18.5. The lowest BCUT2D eigenvalue weighted by Crippen LogP contribution is -3.00. The molecule has 1 heterocycles. The summed E-state index contributed by atoms with van der Waals surface area (Å²) >= 11 is 0. The van der Waals surface area contributed by atoms with Gasteiger partial charge in [-0.2, -0.15) is 0 Å². The molecular formula is C20H24ClN2O-. The predicted molar refractivity (Wildman–Crippen MR) is 93.0 cm³/mol. The zero-order valence-electron chi connectivity index (χ0n) is 14.2. The van der Waals surface area contributed by atoms with Crippen molar-refractivity contribution in [3.63, 3.8) is 0 Å². The Hall–Kier alpha value is -1.84. The van der Waals surface area contributed by atoms with Crippen LogP contribution in [0.1, 0.15) is 47.9 Å². The van der Waals surface area contributed by atoms with E-state index < -0.39 is 0 Å². The highest BCUT2D eigenvalue weighted by Gasteiger charge is 2.35. The number of hydrogen-bond donors (Lipinski definition) is 1. The van der Waals surface area contributed by atoms with Crippen LogP contribution >= 0.6 is 0 Å². The summed E-state index contributed by atoms with van der Waals surface area (Å²) in [6, 6.07) is 18.1. The first-order chi connectivity index (χ1) is 11.2. The van der Waals surface area contributed by atoms with E-state index in [9.17, 15) is 4.79 Å². The van der Waals surface area contributed by atoms with E-state index in [0.29, 0.717) is 12.5 Å². The SMILES string of the molecule is CC(C)CCNC1c2ccccc2C(=O)N1Cc1ccccc1.[Cl-]. The molecule has 24 heavy (non-hydrogen) atoms. The molecule has 1 amide bonds. The molecule has 0 saturated heterocycles. The molecule has 1 atom stereocenters. The van der Waals surface area contributed by atoms with Crippen LogP contribution in [-0.4, -0.2) is 17.4 Å². The molecule has 1 aliphatic heterocycles. The van der Waals surface area contributed by atoms with Crippen LogP contribution in [0.2, 0.25) is 0 Å². The van der Waals surface area contributed by atoms with Crippen LogP contribution < -0.4 is 17.7 Å². The number of rotatable bonds is 6. The zero-order chi connectivity index (χ0) is 16.2. The quantitative estimate of drug-likeness (QED) is 0.848. The molecule has 0 bridgehead atoms. The molecule has 1 aliphatic rings. The van der Waals surface area contributed by atoms with Gasteiger partial charge in [-0.05, 0) is 30.5 Å². The summed E-state index contributed by atoms with van der Waals surface area (Å²) in [7, 11) is 0. The number of nitrogens with one attached hydrogen (secondary N) is 1. The monoisotopic (exact) mass is 343 g/mol. The van der Waals surface area contributed by atoms with E-state index in [4.69, 9.17) is 0 Å². The summed E-state index contributed by atoms with van der Waals surface area (Å²) in [5, 5.41) is 3.57. The van der Waals surface area contributed by atoms with Crippen LogP contribution in [0.4, 0.5) is 0 Å². The Labute approximate surface area is 150 Å². The molecule has 3 rings (SSSR count). The van der Waals surface area contributed by atoms with Crippen LogP contribution in [0.5, 0.6) is 0 Å². The van der Waals surface area contributed by atoms with Crippen molar-refractivity contribution >= 4 is 5.91 Å². The van der Waals surface area contributed by atoms with Crippen molar-refractivity contribution < 1.29 is 17.2 Å². The number of carbonyl (C=O) groups is 1. The molecule has 128 valence electrons. The number of hydrogen-bond acceptors (Lipinski definition) is 2. The minimum atomic E-state index is -0.0299. The summed E-state index contributed by atoms with van der Waals surface area (Å²) < 4.78 is 0. The normalized spacial score (nSPS) is 16.2. The third-order valence-corrected chi connectivity index (χ3v) is 4.31. The summed E-state index contributed by atoms with van der Waals surface area (Å²) in [4.78, 5) is 14.7. The third-order valence-electron chi connectivity index (χ3n) is 4.31. The molecule has 1 unspecified atom stereocenters. The lowest BCUT2D eigenvalue weighted by molar-refractivity contribution is -0.0000157. The number of benzene rings is 2. The zero-order valence-corrected chi connectivity index (χ0v) is 15.0. The second kappa shape index (κ2) is 8.32. The van der Waals surface area contributed by atoms with Gasteiger partial charge in [0.25, 0.3) is 5.91 Å². The van der Waals surface area contributed by atoms with Gasteiger partial charge in [0, 0.05) is 17.7 Å². The maximum Gasteiger partial charge on any atom is 0.256 e. The van der Waals surface area contributed by atoms with E-state index >= 15 is 0 Å². The Morgan fingerprint density at radius 3 is 2.42 bits per heavy atom. The fourth-order valence-electron chi connectivity index (χ4n) is 3.04. The molecule has 0 fully saturated rings. The maximum atomic E-state index is 12.8. The van der Waals surface area contributed by atoms with Crippen molar-refractivity contribution in [1.82, 2.24) is 10.2 Å². The number of halogens is 1. The van der Waals surface area contributed by atoms with Crippen molar-refractivity contribution in [3.8, 4) is 0 Å². The molecule has 4 heteroatoms. The molecule has 3 nitrogen and oxygen atoms in total. The number of carbonyl (C=O) groups excluding carboxylic acids is 1. The summed E-state index contributed by atoms with van der Waals surface area (Å²) in [5.41, 5.74) is 3.08. The van der Waals surface area contributed by atoms with E-state index in [-0.39, 0.29) is 24.5 Å². The molecule has 0 saturated carbocycles. The smallest absolute Gasteiger partial charge is 0.256 e. The molecule has 0 spiro atoms. The first-order valence-electron chi connectivity index (χ1n) is 8.34. The van der Waals surface area contributed by atoms with Crippen molar-refractivity contribution in [2.24, 2.45) is 5.92 Å². The van der Waals surface area contributed by atoms with E-state index in [1.54, 1.807) is 0 Å². The van der Waals surface area contributed by atoms with Crippen LogP contribution in [0.15, 0.2) is 54.6 Å². The highest BCUT2D eigenvalue weighted by atomic mass is 35.5. The Bertz CT molecular complexity index is 672. The Balaban J connectivity index is 0.00000208. The number of amides is 1. The predicted octanol–water partition coefficient (Wildman–Crippen LogP) is 0.981. The van der Waals surface area contributed by atoms with Gasteiger partial charge in [0.1, 0.15) is 6.17 Å². The Morgan fingerprint density at radius 2 is 1.71 bits per heavy atom. The second-order valence-electron chi connectivity index (χ2n) is 6.55. The Morgan fingerprint density at radius 1 is 1.04 bits per heavy atom. The fourth-order valence-corrected chi connectivity index (χ4v) is 3.04. The molecule has 1 N–H and O–H groups in total. The minimum Gasteiger partial charge on any atom is -1.00 e. The van der Waals surface area contributed by atoms with Crippen LogP contribution in [0.25, 0.3) is 0 Å².